The lowest BCUT2D eigenvalue weighted by Gasteiger charge is -2.28. The molecule has 0 bridgehead atoms. The highest BCUT2D eigenvalue weighted by Crippen LogP contribution is 2.33. The second kappa shape index (κ2) is 27.2. The first-order chi connectivity index (χ1) is 33.7. The quantitative estimate of drug-likeness (QED) is 0.0727. The standard InChI is InChI=1S/C29H32N2O3.C21H23NO3.C9H13N/c1-34-29(33)26-20-25(30-19-11-14-22-12-5-2-6-13-22)21-31(26)28(32)27(23-15-7-3-8-16-23)24-17-9-4-10-18-24;1-15-13-18(21(24)25-2)22(14-15)20(23)19(16-9-5-3-6-10-16)17-11-7-4-8-12-17;10-8-4-7-9-5-2-1-3-6-9/h2-10,12-13,15-18,25-27,30H,11,14,19-21H2,1H3;3-12,15,18-19H,13-14H2,1-2H3;1-3,5-6H,4,7-8,10H2/t25-,26-;15-,18+;/m01./s1. The van der Waals surface area contributed by atoms with Crippen LogP contribution in [0.4, 0.5) is 0 Å². The first kappa shape index (κ1) is 51.5. The van der Waals surface area contributed by atoms with Crippen LogP contribution in [-0.2, 0) is 41.5 Å². The Morgan fingerprint density at radius 2 is 0.870 bits per heavy atom. The van der Waals surface area contributed by atoms with E-state index in [1.165, 1.54) is 25.3 Å². The molecule has 2 heterocycles. The van der Waals surface area contributed by atoms with Gasteiger partial charge >= 0.3 is 11.9 Å². The number of nitrogens with two attached hydrogens (primary N) is 1. The van der Waals surface area contributed by atoms with Crippen LogP contribution in [0.2, 0.25) is 0 Å². The largest absolute Gasteiger partial charge is 0.467 e. The van der Waals surface area contributed by atoms with Crippen molar-refractivity contribution in [3.05, 3.63) is 215 Å². The maximum atomic E-state index is 13.9. The number of amides is 2. The number of carbonyl (C=O) groups excluding carboxylic acids is 4. The first-order valence-corrected chi connectivity index (χ1v) is 24.2. The smallest absolute Gasteiger partial charge is 0.328 e. The molecule has 2 fully saturated rings. The maximum Gasteiger partial charge on any atom is 0.328 e. The minimum Gasteiger partial charge on any atom is -0.467 e. The van der Waals surface area contributed by atoms with E-state index in [4.69, 9.17) is 15.2 Å². The van der Waals surface area contributed by atoms with Gasteiger partial charge in [-0.3, -0.25) is 9.59 Å². The summed E-state index contributed by atoms with van der Waals surface area (Å²) in [6, 6.07) is 58.8. The summed E-state index contributed by atoms with van der Waals surface area (Å²) in [6.07, 6.45) is 5.39. The van der Waals surface area contributed by atoms with E-state index in [0.29, 0.717) is 25.9 Å². The van der Waals surface area contributed by atoms with Gasteiger partial charge in [-0.15, -0.1) is 0 Å². The van der Waals surface area contributed by atoms with Crippen molar-refractivity contribution in [2.24, 2.45) is 11.7 Å². The van der Waals surface area contributed by atoms with Crippen LogP contribution in [0, 0.1) is 5.92 Å². The maximum absolute atomic E-state index is 13.9. The number of esters is 2. The van der Waals surface area contributed by atoms with Gasteiger partial charge < -0.3 is 30.3 Å². The van der Waals surface area contributed by atoms with Crippen molar-refractivity contribution in [3.63, 3.8) is 0 Å². The van der Waals surface area contributed by atoms with Gasteiger partial charge in [-0.1, -0.05) is 189 Å². The molecule has 360 valence electrons. The fourth-order valence-corrected chi connectivity index (χ4v) is 9.30. The molecule has 0 radical (unpaired) electrons. The average molecular weight is 929 g/mol. The number of carbonyl (C=O) groups is 4. The average Bonchev–Trinajstić information content (AvgIpc) is 4.03. The van der Waals surface area contributed by atoms with E-state index in [2.05, 4.69) is 60.8 Å². The number of hydrogen-bond acceptors (Lipinski definition) is 8. The molecule has 2 amide bonds. The number of nitrogens with zero attached hydrogens (tertiary/aromatic N) is 2. The zero-order valence-corrected chi connectivity index (χ0v) is 40.3. The molecule has 2 saturated heterocycles. The Morgan fingerprint density at radius 3 is 1.25 bits per heavy atom. The molecule has 6 aromatic carbocycles. The van der Waals surface area contributed by atoms with E-state index in [9.17, 15) is 19.2 Å². The molecule has 69 heavy (non-hydrogen) atoms. The summed E-state index contributed by atoms with van der Waals surface area (Å²) in [5, 5.41) is 3.56. The summed E-state index contributed by atoms with van der Waals surface area (Å²) < 4.78 is 10.00. The van der Waals surface area contributed by atoms with Crippen molar-refractivity contribution in [1.82, 2.24) is 15.1 Å². The third-order valence-electron chi connectivity index (χ3n) is 12.8. The molecule has 3 N–H and O–H groups in total. The van der Waals surface area contributed by atoms with Gasteiger partial charge in [0, 0.05) is 19.1 Å². The summed E-state index contributed by atoms with van der Waals surface area (Å²) in [7, 11) is 2.76. The number of ether oxygens (including phenoxy) is 2. The molecule has 6 aromatic rings. The van der Waals surface area contributed by atoms with E-state index in [1.807, 2.05) is 133 Å². The zero-order chi connectivity index (χ0) is 48.8. The molecule has 10 heteroatoms. The van der Waals surface area contributed by atoms with Crippen molar-refractivity contribution in [3.8, 4) is 0 Å². The predicted octanol–water partition coefficient (Wildman–Crippen LogP) is 8.99. The molecule has 0 aromatic heterocycles. The molecule has 0 aliphatic carbocycles. The summed E-state index contributed by atoms with van der Waals surface area (Å²) >= 11 is 0. The zero-order valence-electron chi connectivity index (χ0n) is 40.3. The van der Waals surface area contributed by atoms with Gasteiger partial charge in [0.1, 0.15) is 12.1 Å². The molecular weight excluding hydrogens is 861 g/mol. The number of nitrogens with one attached hydrogen (secondary N) is 1. The molecule has 0 saturated carbocycles. The number of benzene rings is 6. The van der Waals surface area contributed by atoms with Crippen molar-refractivity contribution in [2.75, 3.05) is 40.4 Å². The highest BCUT2D eigenvalue weighted by molar-refractivity contribution is 5.92. The topological polar surface area (TPSA) is 131 Å². The Morgan fingerprint density at radius 1 is 0.522 bits per heavy atom. The lowest BCUT2D eigenvalue weighted by molar-refractivity contribution is -0.151. The number of methoxy groups -OCH3 is 2. The Hall–Kier alpha value is -6.88. The van der Waals surface area contributed by atoms with E-state index >= 15 is 0 Å². The van der Waals surface area contributed by atoms with E-state index in [1.54, 1.807) is 9.80 Å². The molecule has 4 atom stereocenters. The third-order valence-corrected chi connectivity index (χ3v) is 12.8. The Labute approximate surface area is 408 Å². The minimum atomic E-state index is -0.584. The second-order valence-corrected chi connectivity index (χ2v) is 17.8. The van der Waals surface area contributed by atoms with Crippen LogP contribution in [-0.4, -0.2) is 92.1 Å². The number of likely N-dealkylation sites (tertiary alicyclic amines) is 2. The Kier molecular flexibility index (Phi) is 20.3. The molecule has 8 rings (SSSR count). The van der Waals surface area contributed by atoms with Crippen molar-refractivity contribution in [1.29, 1.82) is 0 Å². The van der Waals surface area contributed by atoms with E-state index in [-0.39, 0.29) is 35.7 Å². The van der Waals surface area contributed by atoms with Crippen LogP contribution in [0.5, 0.6) is 0 Å². The Bertz CT molecular complexity index is 2370. The molecular formula is C59H68N4O6. The highest BCUT2D eigenvalue weighted by Gasteiger charge is 2.43. The summed E-state index contributed by atoms with van der Waals surface area (Å²) in [5.74, 6) is -1.41. The van der Waals surface area contributed by atoms with Crippen molar-refractivity contribution >= 4 is 23.8 Å². The number of rotatable bonds is 16. The third kappa shape index (κ3) is 14.8. The number of hydrogen-bond donors (Lipinski definition) is 2. The SMILES string of the molecule is COC(=O)[C@@H]1C[C@@H](C)CN1C(=O)C(c1ccccc1)c1ccccc1.COC(=O)[C@@H]1C[C@H](NCCCc2ccccc2)CN1C(=O)C(c1ccccc1)c1ccccc1.NCCCc1ccccc1. The van der Waals surface area contributed by atoms with Crippen molar-refractivity contribution < 1.29 is 28.7 Å². The van der Waals surface area contributed by atoms with Crippen LogP contribution >= 0.6 is 0 Å². The van der Waals surface area contributed by atoms with Crippen LogP contribution < -0.4 is 11.1 Å². The van der Waals surface area contributed by atoms with Gasteiger partial charge in [0.15, 0.2) is 0 Å². The van der Waals surface area contributed by atoms with E-state index < -0.39 is 23.9 Å². The normalized spacial score (nSPS) is 17.3. The molecule has 0 spiro atoms. The van der Waals surface area contributed by atoms with Crippen LogP contribution in [0.25, 0.3) is 0 Å². The lowest BCUT2D eigenvalue weighted by atomic mass is 9.90. The fraction of sp³-hybridized carbons (Fsp3) is 0.322. The summed E-state index contributed by atoms with van der Waals surface area (Å²) in [6.45, 7) is 4.74. The predicted molar refractivity (Wildman–Crippen MR) is 273 cm³/mol. The fourth-order valence-electron chi connectivity index (χ4n) is 9.30. The summed E-state index contributed by atoms with van der Waals surface area (Å²) in [4.78, 5) is 55.6. The van der Waals surface area contributed by atoms with Gasteiger partial charge in [-0.2, -0.15) is 0 Å². The molecule has 10 nitrogen and oxygen atoms in total. The molecule has 2 aliphatic heterocycles. The van der Waals surface area contributed by atoms with E-state index in [0.717, 1.165) is 61.0 Å². The number of aryl methyl sites for hydroxylation is 2. The van der Waals surface area contributed by atoms with Gasteiger partial charge in [0.05, 0.1) is 26.1 Å². The highest BCUT2D eigenvalue weighted by atomic mass is 16.5. The Balaban J connectivity index is 0.000000195. The van der Waals surface area contributed by atoms with Gasteiger partial charge in [-0.25, -0.2) is 9.59 Å². The van der Waals surface area contributed by atoms with Gasteiger partial charge in [0.25, 0.3) is 0 Å². The molecule has 2 aliphatic rings. The second-order valence-electron chi connectivity index (χ2n) is 17.8. The summed E-state index contributed by atoms with van der Waals surface area (Å²) in [5.41, 5.74) is 11.8. The van der Waals surface area contributed by atoms with Crippen LogP contribution in [0.15, 0.2) is 182 Å². The monoisotopic (exact) mass is 929 g/mol. The van der Waals surface area contributed by atoms with Gasteiger partial charge in [0.2, 0.25) is 11.8 Å². The van der Waals surface area contributed by atoms with Crippen molar-refractivity contribution in [2.45, 2.75) is 75.4 Å². The minimum absolute atomic E-state index is 0.0443. The van der Waals surface area contributed by atoms with Crippen LogP contribution in [0.1, 0.15) is 77.8 Å². The lowest BCUT2D eigenvalue weighted by Crippen LogP contribution is -2.44. The van der Waals surface area contributed by atoms with Gasteiger partial charge in [-0.05, 0) is 90.9 Å². The molecule has 0 unspecified atom stereocenters. The van der Waals surface area contributed by atoms with Crippen LogP contribution in [0.3, 0.4) is 0 Å². The first-order valence-electron chi connectivity index (χ1n) is 24.2.